The van der Waals surface area contributed by atoms with Gasteiger partial charge in [-0.2, -0.15) is 11.3 Å². The molecule has 0 spiro atoms. The van der Waals surface area contributed by atoms with Gasteiger partial charge in [0.05, 0.1) is 6.26 Å². The topological polar surface area (TPSA) is 57.7 Å². The molecule has 1 aliphatic heterocycles. The predicted octanol–water partition coefficient (Wildman–Crippen LogP) is 1.17. The van der Waals surface area contributed by atoms with Gasteiger partial charge in [0.2, 0.25) is 15.9 Å². The van der Waals surface area contributed by atoms with Gasteiger partial charge in [-0.3, -0.25) is 4.79 Å². The zero-order valence-corrected chi connectivity index (χ0v) is 13.3. The number of carbonyl (C=O) groups is 1. The number of sulfonamides is 1. The lowest BCUT2D eigenvalue weighted by Gasteiger charge is -2.21. The quantitative estimate of drug-likeness (QED) is 0.838. The standard InChI is InChI=1S/C13H20N2O3S2/c1-20(17,18)15-7-2-6-14(8-9-15)13(16)4-3-12-5-10-19-11-12/h5,10-11H,2-4,6-9H2,1H3. The van der Waals surface area contributed by atoms with Crippen LogP contribution in [0.3, 0.4) is 0 Å². The third-order valence-electron chi connectivity index (χ3n) is 3.48. The van der Waals surface area contributed by atoms with Gasteiger partial charge >= 0.3 is 0 Å². The van der Waals surface area contributed by atoms with Gasteiger partial charge in [0.15, 0.2) is 0 Å². The summed E-state index contributed by atoms with van der Waals surface area (Å²) in [7, 11) is -3.15. The van der Waals surface area contributed by atoms with Crippen LogP contribution in [0.5, 0.6) is 0 Å². The molecule has 7 heteroatoms. The van der Waals surface area contributed by atoms with Gasteiger partial charge in [-0.25, -0.2) is 12.7 Å². The van der Waals surface area contributed by atoms with E-state index in [1.807, 2.05) is 11.4 Å². The largest absolute Gasteiger partial charge is 0.341 e. The summed E-state index contributed by atoms with van der Waals surface area (Å²) in [5, 5.41) is 4.07. The molecule has 1 saturated heterocycles. The van der Waals surface area contributed by atoms with Gasteiger partial charge in [0, 0.05) is 32.6 Å². The fraction of sp³-hybridized carbons (Fsp3) is 0.615. The van der Waals surface area contributed by atoms with Gasteiger partial charge in [0.1, 0.15) is 0 Å². The van der Waals surface area contributed by atoms with Crippen LogP contribution < -0.4 is 0 Å². The first-order valence-electron chi connectivity index (χ1n) is 6.71. The van der Waals surface area contributed by atoms with E-state index in [4.69, 9.17) is 0 Å². The Kier molecular flexibility index (Phi) is 5.17. The minimum atomic E-state index is -3.15. The van der Waals surface area contributed by atoms with Crippen molar-refractivity contribution in [3.63, 3.8) is 0 Å². The van der Waals surface area contributed by atoms with Crippen LogP contribution in [0.1, 0.15) is 18.4 Å². The van der Waals surface area contributed by atoms with Crippen LogP contribution in [0.15, 0.2) is 16.8 Å². The second kappa shape index (κ2) is 6.69. The summed E-state index contributed by atoms with van der Waals surface area (Å²) in [4.78, 5) is 14.0. The molecule has 0 atom stereocenters. The molecule has 1 aliphatic rings. The highest BCUT2D eigenvalue weighted by molar-refractivity contribution is 7.88. The fourth-order valence-corrected chi connectivity index (χ4v) is 3.90. The lowest BCUT2D eigenvalue weighted by molar-refractivity contribution is -0.131. The average molecular weight is 316 g/mol. The van der Waals surface area contributed by atoms with E-state index in [-0.39, 0.29) is 5.91 Å². The van der Waals surface area contributed by atoms with Crippen molar-refractivity contribution in [3.8, 4) is 0 Å². The summed E-state index contributed by atoms with van der Waals surface area (Å²) >= 11 is 1.63. The van der Waals surface area contributed by atoms with E-state index in [0.29, 0.717) is 39.0 Å². The van der Waals surface area contributed by atoms with Crippen molar-refractivity contribution in [3.05, 3.63) is 22.4 Å². The Morgan fingerprint density at radius 1 is 1.30 bits per heavy atom. The number of nitrogens with zero attached hydrogens (tertiary/aromatic N) is 2. The maximum atomic E-state index is 12.2. The van der Waals surface area contributed by atoms with Crippen molar-refractivity contribution in [2.24, 2.45) is 0 Å². The van der Waals surface area contributed by atoms with E-state index in [9.17, 15) is 13.2 Å². The van der Waals surface area contributed by atoms with E-state index < -0.39 is 10.0 Å². The molecule has 0 bridgehead atoms. The SMILES string of the molecule is CS(=O)(=O)N1CCCN(C(=O)CCc2ccsc2)CC1. The molecule has 112 valence electrons. The molecule has 20 heavy (non-hydrogen) atoms. The average Bonchev–Trinajstić information content (AvgIpc) is 2.76. The Labute approximate surface area is 124 Å². The highest BCUT2D eigenvalue weighted by Gasteiger charge is 2.23. The normalized spacial score (nSPS) is 17.9. The summed E-state index contributed by atoms with van der Waals surface area (Å²) in [6, 6.07) is 2.03. The third kappa shape index (κ3) is 4.29. The zero-order chi connectivity index (χ0) is 14.6. The van der Waals surface area contributed by atoms with E-state index >= 15 is 0 Å². The zero-order valence-electron chi connectivity index (χ0n) is 11.6. The van der Waals surface area contributed by atoms with Gasteiger partial charge < -0.3 is 4.90 Å². The first kappa shape index (κ1) is 15.5. The number of hydrogen-bond donors (Lipinski definition) is 0. The van der Waals surface area contributed by atoms with Crippen LogP contribution in [0, 0.1) is 0 Å². The van der Waals surface area contributed by atoms with Crippen molar-refractivity contribution in [2.75, 3.05) is 32.4 Å². The molecule has 1 aromatic heterocycles. The van der Waals surface area contributed by atoms with Crippen LogP contribution in [-0.4, -0.2) is 56.0 Å². The Bertz CT molecular complexity index is 540. The van der Waals surface area contributed by atoms with E-state index in [0.717, 1.165) is 6.42 Å². The van der Waals surface area contributed by atoms with Crippen molar-refractivity contribution in [1.29, 1.82) is 0 Å². The Morgan fingerprint density at radius 2 is 2.10 bits per heavy atom. The Hall–Kier alpha value is -0.920. The highest BCUT2D eigenvalue weighted by Crippen LogP contribution is 2.12. The second-order valence-corrected chi connectivity index (χ2v) is 7.79. The smallest absolute Gasteiger partial charge is 0.222 e. The molecule has 1 fully saturated rings. The molecule has 1 aromatic rings. The molecular formula is C13H20N2O3S2. The lowest BCUT2D eigenvalue weighted by atomic mass is 10.2. The molecule has 0 aliphatic carbocycles. The highest BCUT2D eigenvalue weighted by atomic mass is 32.2. The monoisotopic (exact) mass is 316 g/mol. The minimum absolute atomic E-state index is 0.117. The molecule has 0 unspecified atom stereocenters. The number of hydrogen-bond acceptors (Lipinski definition) is 4. The molecular weight excluding hydrogens is 296 g/mol. The van der Waals surface area contributed by atoms with E-state index in [1.165, 1.54) is 16.1 Å². The maximum Gasteiger partial charge on any atom is 0.222 e. The number of thiophene rings is 1. The fourth-order valence-electron chi connectivity index (χ4n) is 2.32. The van der Waals surface area contributed by atoms with Gasteiger partial charge in [0.25, 0.3) is 0 Å². The Morgan fingerprint density at radius 3 is 2.75 bits per heavy atom. The van der Waals surface area contributed by atoms with Crippen LogP contribution >= 0.6 is 11.3 Å². The van der Waals surface area contributed by atoms with E-state index in [2.05, 4.69) is 5.38 Å². The van der Waals surface area contributed by atoms with Gasteiger partial charge in [-0.1, -0.05) is 0 Å². The number of aryl methyl sites for hydroxylation is 1. The maximum absolute atomic E-state index is 12.2. The van der Waals surface area contributed by atoms with Crippen LogP contribution in [-0.2, 0) is 21.2 Å². The molecule has 5 nitrogen and oxygen atoms in total. The molecule has 0 aromatic carbocycles. The summed E-state index contributed by atoms with van der Waals surface area (Å²) in [5.74, 6) is 0.117. The molecule has 2 heterocycles. The molecule has 0 N–H and O–H groups in total. The lowest BCUT2D eigenvalue weighted by Crippen LogP contribution is -2.37. The first-order valence-corrected chi connectivity index (χ1v) is 9.50. The number of rotatable bonds is 4. The van der Waals surface area contributed by atoms with Crippen molar-refractivity contribution in [1.82, 2.24) is 9.21 Å². The van der Waals surface area contributed by atoms with Gasteiger partial charge in [-0.05, 0) is 35.2 Å². The summed E-state index contributed by atoms with van der Waals surface area (Å²) in [5.41, 5.74) is 1.19. The van der Waals surface area contributed by atoms with Gasteiger partial charge in [-0.15, -0.1) is 0 Å². The minimum Gasteiger partial charge on any atom is -0.341 e. The number of carbonyl (C=O) groups excluding carboxylic acids is 1. The molecule has 0 saturated carbocycles. The van der Waals surface area contributed by atoms with Crippen LogP contribution in [0.2, 0.25) is 0 Å². The summed E-state index contributed by atoms with van der Waals surface area (Å²) in [6.07, 6.45) is 3.18. The number of amides is 1. The molecule has 1 amide bonds. The van der Waals surface area contributed by atoms with E-state index in [1.54, 1.807) is 16.2 Å². The summed E-state index contributed by atoms with van der Waals surface area (Å²) < 4.78 is 24.5. The van der Waals surface area contributed by atoms with Crippen molar-refractivity contribution < 1.29 is 13.2 Å². The predicted molar refractivity (Wildman–Crippen MR) is 80.3 cm³/mol. The third-order valence-corrected chi connectivity index (χ3v) is 5.52. The molecule has 0 radical (unpaired) electrons. The van der Waals surface area contributed by atoms with Crippen LogP contribution in [0.25, 0.3) is 0 Å². The summed E-state index contributed by atoms with van der Waals surface area (Å²) in [6.45, 7) is 2.06. The van der Waals surface area contributed by atoms with Crippen molar-refractivity contribution >= 4 is 27.3 Å². The second-order valence-electron chi connectivity index (χ2n) is 5.03. The Balaban J connectivity index is 1.85. The van der Waals surface area contributed by atoms with Crippen LogP contribution in [0.4, 0.5) is 0 Å². The van der Waals surface area contributed by atoms with Crippen molar-refractivity contribution in [2.45, 2.75) is 19.3 Å². The first-order chi connectivity index (χ1) is 9.47. The molecule has 2 rings (SSSR count).